The number of Topliss-reactive ketones (excluding diaryl/α,β-unsaturated/α-hetero) is 2. The smallest absolute Gasteiger partial charge is 0.338 e. The molecule has 7 atom stereocenters. The molecule has 2 saturated carbocycles. The van der Waals surface area contributed by atoms with Crippen molar-refractivity contribution in [1.82, 2.24) is 0 Å². The number of carbonyl (C=O) groups excluding carboxylic acids is 4. The molecular weight excluding hydrogens is 492 g/mol. The van der Waals surface area contributed by atoms with Gasteiger partial charge in [-0.3, -0.25) is 14.4 Å². The molecule has 1 aromatic rings. The number of ketones is 2. The van der Waals surface area contributed by atoms with Crippen LogP contribution in [-0.4, -0.2) is 69.8 Å². The van der Waals surface area contributed by atoms with Gasteiger partial charge in [0.25, 0.3) is 0 Å². The van der Waals surface area contributed by atoms with Crippen LogP contribution in [0.4, 0.5) is 0 Å². The van der Waals surface area contributed by atoms with Crippen molar-refractivity contribution in [2.24, 2.45) is 16.7 Å². The van der Waals surface area contributed by atoms with Crippen molar-refractivity contribution in [1.29, 1.82) is 0 Å². The lowest BCUT2D eigenvalue weighted by atomic mass is 9.45. The van der Waals surface area contributed by atoms with Crippen LogP contribution in [0.1, 0.15) is 64.2 Å². The van der Waals surface area contributed by atoms with Crippen LogP contribution < -0.4 is 0 Å². The minimum Gasteiger partial charge on any atom is -0.455 e. The van der Waals surface area contributed by atoms with E-state index in [1.54, 1.807) is 51.1 Å². The van der Waals surface area contributed by atoms with Gasteiger partial charge in [-0.1, -0.05) is 37.6 Å². The van der Waals surface area contributed by atoms with Crippen molar-refractivity contribution in [3.8, 4) is 0 Å². The molecule has 0 aromatic heterocycles. The topological polar surface area (TPSA) is 136 Å². The molecule has 3 fully saturated rings. The van der Waals surface area contributed by atoms with Crippen molar-refractivity contribution in [2.75, 3.05) is 6.61 Å². The van der Waals surface area contributed by atoms with Crippen molar-refractivity contribution < 1.29 is 43.6 Å². The molecule has 1 aliphatic heterocycles. The summed E-state index contributed by atoms with van der Waals surface area (Å²) in [5.74, 6) is -4.32. The summed E-state index contributed by atoms with van der Waals surface area (Å²) in [6.07, 6.45) is -3.29. The first-order valence-corrected chi connectivity index (χ1v) is 13.0. The van der Waals surface area contributed by atoms with Crippen LogP contribution in [0.3, 0.4) is 0 Å². The van der Waals surface area contributed by atoms with Crippen molar-refractivity contribution in [3.05, 3.63) is 47.0 Å². The van der Waals surface area contributed by atoms with Gasteiger partial charge in [-0.2, -0.15) is 0 Å². The molecule has 3 aliphatic carbocycles. The number of hydrogen-bond donors (Lipinski definition) is 2. The Morgan fingerprint density at radius 1 is 1.11 bits per heavy atom. The van der Waals surface area contributed by atoms with Crippen LogP contribution in [0.25, 0.3) is 0 Å². The predicted octanol–water partition coefficient (Wildman–Crippen LogP) is 2.32. The number of carbonyl (C=O) groups is 4. The quantitative estimate of drug-likeness (QED) is 0.449. The summed E-state index contributed by atoms with van der Waals surface area (Å²) in [5.41, 5.74) is -5.46. The zero-order valence-corrected chi connectivity index (χ0v) is 22.3. The molecule has 9 nitrogen and oxygen atoms in total. The Balaban J connectivity index is 1.80. The van der Waals surface area contributed by atoms with Gasteiger partial charge >= 0.3 is 11.9 Å². The van der Waals surface area contributed by atoms with Gasteiger partial charge in [0.05, 0.1) is 29.6 Å². The number of esters is 2. The van der Waals surface area contributed by atoms with E-state index in [0.29, 0.717) is 12.0 Å². The molecule has 204 valence electrons. The lowest BCUT2D eigenvalue weighted by molar-refractivity contribution is -0.342. The molecule has 38 heavy (non-hydrogen) atoms. The predicted molar refractivity (Wildman–Crippen MR) is 133 cm³/mol. The summed E-state index contributed by atoms with van der Waals surface area (Å²) in [4.78, 5) is 54.0. The Bertz CT molecular complexity index is 1250. The van der Waals surface area contributed by atoms with E-state index >= 15 is 0 Å². The molecule has 1 unspecified atom stereocenters. The third-order valence-corrected chi connectivity index (χ3v) is 9.65. The fourth-order valence-corrected chi connectivity index (χ4v) is 7.47. The molecule has 5 rings (SSSR count). The Morgan fingerprint density at radius 2 is 1.76 bits per heavy atom. The molecule has 0 spiro atoms. The average molecular weight is 527 g/mol. The maximum Gasteiger partial charge on any atom is 0.338 e. The second kappa shape index (κ2) is 8.56. The molecule has 1 heterocycles. The highest BCUT2D eigenvalue weighted by molar-refractivity contribution is 6.46. The van der Waals surface area contributed by atoms with Crippen LogP contribution in [-0.2, 0) is 28.6 Å². The van der Waals surface area contributed by atoms with E-state index in [9.17, 15) is 29.4 Å². The Morgan fingerprint density at radius 3 is 2.34 bits per heavy atom. The highest BCUT2D eigenvalue weighted by atomic mass is 16.6. The summed E-state index contributed by atoms with van der Waals surface area (Å²) in [7, 11) is 0. The van der Waals surface area contributed by atoms with E-state index in [4.69, 9.17) is 14.2 Å². The van der Waals surface area contributed by atoms with Crippen molar-refractivity contribution >= 4 is 23.5 Å². The minimum absolute atomic E-state index is 0.0709. The van der Waals surface area contributed by atoms with Gasteiger partial charge in [-0.15, -0.1) is 0 Å². The largest absolute Gasteiger partial charge is 0.455 e. The molecule has 1 saturated heterocycles. The third-order valence-electron chi connectivity index (χ3n) is 9.65. The van der Waals surface area contributed by atoms with E-state index in [1.165, 1.54) is 13.8 Å². The second-order valence-corrected chi connectivity index (χ2v) is 11.9. The monoisotopic (exact) mass is 526 g/mol. The van der Waals surface area contributed by atoms with Crippen LogP contribution in [0, 0.1) is 16.7 Å². The average Bonchev–Trinajstić information content (AvgIpc) is 2.85. The van der Waals surface area contributed by atoms with Gasteiger partial charge in [-0.05, 0) is 38.8 Å². The Kier molecular flexibility index (Phi) is 6.02. The normalized spacial score (nSPS) is 39.7. The number of hydrogen-bond acceptors (Lipinski definition) is 9. The summed E-state index contributed by atoms with van der Waals surface area (Å²) < 4.78 is 17.8. The second-order valence-electron chi connectivity index (χ2n) is 11.9. The van der Waals surface area contributed by atoms with E-state index in [-0.39, 0.29) is 30.6 Å². The number of allylic oxidation sites excluding steroid dienone is 1. The zero-order valence-electron chi connectivity index (χ0n) is 22.3. The molecule has 0 radical (unpaired) electrons. The Labute approximate surface area is 221 Å². The Hall–Kier alpha value is -2.88. The highest BCUT2D eigenvalue weighted by Crippen LogP contribution is 2.63. The standard InChI is InChI=1S/C29H34O9/c1-15-11-12-29(35)24(37-25(34)17-9-7-6-8-10-17)22-27(5,23(33)21(32)20(15)26(29,3)4)18(31)13-19-28(22,14-36-19)38-16(2)30/h6-10,18-19,22,24,31,35H,11-14H2,1-5H3/t18-,19+,22?,24-,27+,28-,29+/m0/s1. The molecule has 2 bridgehead atoms. The summed E-state index contributed by atoms with van der Waals surface area (Å²) in [6.45, 7) is 7.60. The molecule has 1 aromatic carbocycles. The van der Waals surface area contributed by atoms with E-state index in [1.807, 2.05) is 0 Å². The van der Waals surface area contributed by atoms with Crippen LogP contribution in [0.5, 0.6) is 0 Å². The highest BCUT2D eigenvalue weighted by Gasteiger charge is 2.77. The number of aliphatic hydroxyl groups excluding tert-OH is 1. The maximum absolute atomic E-state index is 14.2. The van der Waals surface area contributed by atoms with Gasteiger partial charge in [0.15, 0.2) is 5.60 Å². The number of ether oxygens (including phenoxy) is 3. The number of benzene rings is 1. The van der Waals surface area contributed by atoms with Crippen LogP contribution in [0.15, 0.2) is 41.5 Å². The van der Waals surface area contributed by atoms with Gasteiger partial charge in [0, 0.05) is 24.3 Å². The van der Waals surface area contributed by atoms with Crippen molar-refractivity contribution in [3.63, 3.8) is 0 Å². The first-order valence-electron chi connectivity index (χ1n) is 13.0. The fourth-order valence-electron chi connectivity index (χ4n) is 7.47. The van der Waals surface area contributed by atoms with Gasteiger partial charge in [0.2, 0.25) is 11.6 Å². The van der Waals surface area contributed by atoms with Crippen LogP contribution >= 0.6 is 0 Å². The first-order chi connectivity index (χ1) is 17.7. The third kappa shape index (κ3) is 3.34. The van der Waals surface area contributed by atoms with E-state index in [0.717, 1.165) is 0 Å². The molecular formula is C29H34O9. The fraction of sp³-hybridized carbons (Fsp3) is 0.586. The lowest BCUT2D eigenvalue weighted by Crippen LogP contribution is -2.81. The van der Waals surface area contributed by atoms with Crippen molar-refractivity contribution in [2.45, 2.75) is 83.4 Å². The van der Waals surface area contributed by atoms with E-state index in [2.05, 4.69) is 0 Å². The SMILES string of the molecule is CC(=O)O[C@@]12CO[C@@H]1C[C@H](O)[C@@]1(C)C(=O)C(=O)C3=C(C)CC[C@@](O)([C@@H](OC(=O)c4ccccc4)C12)C3(C)C. The maximum atomic E-state index is 14.2. The molecule has 2 N–H and O–H groups in total. The number of aliphatic hydroxyl groups is 2. The minimum atomic E-state index is -1.85. The van der Waals surface area contributed by atoms with Gasteiger partial charge in [0.1, 0.15) is 17.8 Å². The summed E-state index contributed by atoms with van der Waals surface area (Å²) in [6, 6.07) is 8.22. The molecule has 4 aliphatic rings. The summed E-state index contributed by atoms with van der Waals surface area (Å²) >= 11 is 0. The van der Waals surface area contributed by atoms with Gasteiger partial charge < -0.3 is 24.4 Å². The molecule has 9 heteroatoms. The van der Waals surface area contributed by atoms with E-state index < -0.39 is 69.8 Å². The summed E-state index contributed by atoms with van der Waals surface area (Å²) in [5, 5.41) is 24.0. The lowest BCUT2D eigenvalue weighted by Gasteiger charge is -2.66. The number of rotatable bonds is 3. The number of fused-ring (bicyclic) bond motifs is 5. The van der Waals surface area contributed by atoms with Gasteiger partial charge in [-0.25, -0.2) is 4.79 Å². The zero-order chi connectivity index (χ0) is 27.8. The van der Waals surface area contributed by atoms with Crippen LogP contribution in [0.2, 0.25) is 0 Å². The molecule has 0 amide bonds. The first kappa shape index (κ1) is 26.7.